The fraction of sp³-hybridized carbons (Fsp3) is 0.300. The molecule has 0 aliphatic carbocycles. The van der Waals surface area contributed by atoms with Crippen molar-refractivity contribution in [1.82, 2.24) is 9.80 Å². The molecule has 0 saturated carbocycles. The molecule has 6 nitrogen and oxygen atoms in total. The van der Waals surface area contributed by atoms with E-state index in [1.54, 1.807) is 20.3 Å². The lowest BCUT2D eigenvalue weighted by atomic mass is 9.98. The van der Waals surface area contributed by atoms with Crippen LogP contribution in [0.2, 0.25) is 0 Å². The average Bonchev–Trinajstić information content (AvgIpc) is 2.87. The van der Waals surface area contributed by atoms with Crippen LogP contribution in [0.1, 0.15) is 21.5 Å². The van der Waals surface area contributed by atoms with Gasteiger partial charge in [0.15, 0.2) is 5.78 Å². The highest BCUT2D eigenvalue weighted by molar-refractivity contribution is 6.09. The zero-order valence-electron chi connectivity index (χ0n) is 22.1. The average molecular weight is 489 g/mol. The predicted molar refractivity (Wildman–Crippen MR) is 146 cm³/mol. The van der Waals surface area contributed by atoms with Gasteiger partial charge in [-0.3, -0.25) is 4.79 Å². The molecule has 0 N–H and O–H groups in total. The molecule has 0 atom stereocenters. The Hall–Kier alpha value is -3.61. The maximum atomic E-state index is 13.5. The van der Waals surface area contributed by atoms with Crippen molar-refractivity contribution in [3.05, 3.63) is 83.4 Å². The van der Waals surface area contributed by atoms with E-state index in [9.17, 15) is 4.79 Å². The van der Waals surface area contributed by atoms with Gasteiger partial charge in [-0.05, 0) is 75.2 Å². The number of ether oxygens (including phenoxy) is 3. The van der Waals surface area contributed by atoms with E-state index in [0.29, 0.717) is 29.4 Å². The van der Waals surface area contributed by atoms with E-state index in [4.69, 9.17) is 14.2 Å². The highest BCUT2D eigenvalue weighted by atomic mass is 16.5. The maximum absolute atomic E-state index is 13.5. The number of hydrogen-bond acceptors (Lipinski definition) is 6. The standard InChI is InChI=1S/C30H36N2O4/c1-31(2)17-18-36-29-16-12-23(26-14-13-25(34-5)20-30(26)35-6)19-27(29)28(33)15-11-22-9-7-8-10-24(22)21-32(3)4/h7-16,19-20H,17-18,21H2,1-6H3/b15-11+. The molecule has 0 heterocycles. The first-order chi connectivity index (χ1) is 17.3. The number of ketones is 1. The minimum Gasteiger partial charge on any atom is -0.497 e. The Bertz CT molecular complexity index is 1200. The molecule has 36 heavy (non-hydrogen) atoms. The van der Waals surface area contributed by atoms with Crippen LogP contribution in [-0.2, 0) is 6.54 Å². The third-order valence-electron chi connectivity index (χ3n) is 5.72. The smallest absolute Gasteiger partial charge is 0.189 e. The molecule has 3 aromatic carbocycles. The fourth-order valence-electron chi connectivity index (χ4n) is 3.83. The Morgan fingerprint density at radius 3 is 2.33 bits per heavy atom. The van der Waals surface area contributed by atoms with Crippen molar-refractivity contribution in [2.75, 3.05) is 55.6 Å². The summed E-state index contributed by atoms with van der Waals surface area (Å²) in [6.45, 7) is 2.02. The van der Waals surface area contributed by atoms with E-state index >= 15 is 0 Å². The number of benzene rings is 3. The van der Waals surface area contributed by atoms with Gasteiger partial charge in [0.2, 0.25) is 0 Å². The van der Waals surface area contributed by atoms with E-state index < -0.39 is 0 Å². The number of carbonyl (C=O) groups is 1. The molecule has 0 spiro atoms. The molecule has 190 valence electrons. The molecule has 0 amide bonds. The van der Waals surface area contributed by atoms with E-state index in [0.717, 1.165) is 35.3 Å². The Morgan fingerprint density at radius 2 is 1.64 bits per heavy atom. The van der Waals surface area contributed by atoms with Gasteiger partial charge in [-0.1, -0.05) is 36.4 Å². The van der Waals surface area contributed by atoms with E-state index in [1.807, 2.05) is 93.8 Å². The highest BCUT2D eigenvalue weighted by Crippen LogP contribution is 2.35. The second-order valence-corrected chi connectivity index (χ2v) is 9.06. The lowest BCUT2D eigenvalue weighted by molar-refractivity contribution is 0.104. The van der Waals surface area contributed by atoms with Crippen LogP contribution in [0.3, 0.4) is 0 Å². The summed E-state index contributed by atoms with van der Waals surface area (Å²) in [5, 5.41) is 0. The van der Waals surface area contributed by atoms with Crippen LogP contribution in [0.4, 0.5) is 0 Å². The van der Waals surface area contributed by atoms with Gasteiger partial charge in [0.05, 0.1) is 19.8 Å². The fourth-order valence-corrected chi connectivity index (χ4v) is 3.83. The first kappa shape index (κ1) is 27.0. The van der Waals surface area contributed by atoms with Gasteiger partial charge in [-0.25, -0.2) is 0 Å². The molecular weight excluding hydrogens is 452 g/mol. The Labute approximate surface area is 214 Å². The third-order valence-corrected chi connectivity index (χ3v) is 5.72. The first-order valence-electron chi connectivity index (χ1n) is 11.9. The monoisotopic (exact) mass is 488 g/mol. The Morgan fingerprint density at radius 1 is 0.861 bits per heavy atom. The number of hydrogen-bond donors (Lipinski definition) is 0. The minimum absolute atomic E-state index is 0.121. The molecule has 0 bridgehead atoms. The van der Waals surface area contributed by atoms with Crippen LogP contribution in [0, 0.1) is 0 Å². The van der Waals surface area contributed by atoms with Gasteiger partial charge in [-0.2, -0.15) is 0 Å². The van der Waals surface area contributed by atoms with Gasteiger partial charge < -0.3 is 24.0 Å². The van der Waals surface area contributed by atoms with Crippen LogP contribution >= 0.6 is 0 Å². The van der Waals surface area contributed by atoms with Gasteiger partial charge in [0, 0.05) is 24.7 Å². The molecule has 0 radical (unpaired) electrons. The van der Waals surface area contributed by atoms with Crippen molar-refractivity contribution in [2.45, 2.75) is 6.54 Å². The zero-order valence-corrected chi connectivity index (χ0v) is 22.1. The lowest BCUT2D eigenvalue weighted by Gasteiger charge is -2.16. The molecule has 3 aromatic rings. The highest BCUT2D eigenvalue weighted by Gasteiger charge is 2.15. The molecule has 0 fully saturated rings. The quantitative estimate of drug-likeness (QED) is 0.256. The van der Waals surface area contributed by atoms with E-state index in [1.165, 1.54) is 0 Å². The van der Waals surface area contributed by atoms with Crippen molar-refractivity contribution < 1.29 is 19.0 Å². The van der Waals surface area contributed by atoms with Crippen LogP contribution < -0.4 is 14.2 Å². The third kappa shape index (κ3) is 7.20. The number of rotatable bonds is 12. The van der Waals surface area contributed by atoms with Gasteiger partial charge >= 0.3 is 0 Å². The van der Waals surface area contributed by atoms with Crippen molar-refractivity contribution in [1.29, 1.82) is 0 Å². The summed E-state index contributed by atoms with van der Waals surface area (Å²) >= 11 is 0. The largest absolute Gasteiger partial charge is 0.497 e. The maximum Gasteiger partial charge on any atom is 0.189 e. The van der Waals surface area contributed by atoms with Crippen LogP contribution in [0.5, 0.6) is 17.2 Å². The van der Waals surface area contributed by atoms with E-state index in [-0.39, 0.29) is 5.78 Å². The topological polar surface area (TPSA) is 51.2 Å². The number of likely N-dealkylation sites (N-methyl/N-ethyl adjacent to an activating group) is 1. The molecule has 0 saturated heterocycles. The molecular formula is C30H36N2O4. The predicted octanol–water partition coefficient (Wildman–Crippen LogP) is 5.27. The SMILES string of the molecule is COc1ccc(-c2ccc(OCCN(C)C)c(C(=O)/C=C/c3ccccc3CN(C)C)c2)c(OC)c1. The Kier molecular flexibility index (Phi) is 9.68. The van der Waals surface area contributed by atoms with Crippen LogP contribution in [0.25, 0.3) is 17.2 Å². The summed E-state index contributed by atoms with van der Waals surface area (Å²) in [5.74, 6) is 1.81. The summed E-state index contributed by atoms with van der Waals surface area (Å²) in [7, 11) is 11.3. The minimum atomic E-state index is -0.121. The van der Waals surface area contributed by atoms with Gasteiger partial charge in [0.1, 0.15) is 23.9 Å². The second kappa shape index (κ2) is 12.9. The van der Waals surface area contributed by atoms with Crippen molar-refractivity contribution >= 4 is 11.9 Å². The summed E-state index contributed by atoms with van der Waals surface area (Å²) in [5.41, 5.74) is 4.41. The van der Waals surface area contributed by atoms with Crippen LogP contribution in [0.15, 0.2) is 66.7 Å². The van der Waals surface area contributed by atoms with Crippen LogP contribution in [-0.4, -0.2) is 71.1 Å². The zero-order chi connectivity index (χ0) is 26.1. The Balaban J connectivity index is 1.99. The molecule has 0 unspecified atom stereocenters. The van der Waals surface area contributed by atoms with E-state index in [2.05, 4.69) is 11.0 Å². The summed E-state index contributed by atoms with van der Waals surface area (Å²) < 4.78 is 17.0. The summed E-state index contributed by atoms with van der Waals surface area (Å²) in [6.07, 6.45) is 3.50. The summed E-state index contributed by atoms with van der Waals surface area (Å²) in [6, 6.07) is 19.4. The molecule has 0 aliphatic heterocycles. The normalized spacial score (nSPS) is 11.3. The van der Waals surface area contributed by atoms with Gasteiger partial charge in [-0.15, -0.1) is 0 Å². The molecule has 0 aromatic heterocycles. The number of carbonyl (C=O) groups excluding carboxylic acids is 1. The van der Waals surface area contributed by atoms with Crippen molar-refractivity contribution in [3.8, 4) is 28.4 Å². The number of allylic oxidation sites excluding steroid dienone is 1. The summed E-state index contributed by atoms with van der Waals surface area (Å²) in [4.78, 5) is 17.6. The first-order valence-corrected chi connectivity index (χ1v) is 11.9. The molecule has 6 heteroatoms. The number of nitrogens with zero attached hydrogens (tertiary/aromatic N) is 2. The lowest BCUT2D eigenvalue weighted by Crippen LogP contribution is -2.20. The second-order valence-electron chi connectivity index (χ2n) is 9.06. The molecule has 3 rings (SSSR count). The van der Waals surface area contributed by atoms with Crippen molar-refractivity contribution in [2.24, 2.45) is 0 Å². The van der Waals surface area contributed by atoms with Gasteiger partial charge in [0.25, 0.3) is 0 Å². The molecule has 0 aliphatic rings. The van der Waals surface area contributed by atoms with Crippen molar-refractivity contribution in [3.63, 3.8) is 0 Å². The number of methoxy groups -OCH3 is 2.